The predicted molar refractivity (Wildman–Crippen MR) is 98.8 cm³/mol. The molecule has 6 nitrogen and oxygen atoms in total. The average Bonchev–Trinajstić information content (AvgIpc) is 3.38. The van der Waals surface area contributed by atoms with Crippen LogP contribution in [-0.2, 0) is 21.6 Å². The molecule has 4 rings (SSSR count). The Bertz CT molecular complexity index is 1080. The van der Waals surface area contributed by atoms with E-state index in [4.69, 9.17) is 4.74 Å². The summed E-state index contributed by atoms with van der Waals surface area (Å²) in [4.78, 5) is 24.3. The van der Waals surface area contributed by atoms with Gasteiger partial charge in [-0.05, 0) is 43.2 Å². The number of anilines is 1. The molecular formula is C21H17F4NO5. The number of phenols is 1. The maximum absolute atomic E-state index is 13.9. The number of fused-ring (bicyclic) bond motifs is 1. The number of cyclic esters (lactones) is 1. The number of carbonyl (C=O) groups is 2. The Morgan fingerprint density at radius 2 is 1.87 bits per heavy atom. The maximum Gasteiger partial charge on any atom is 0.426 e. The molecule has 0 saturated heterocycles. The lowest BCUT2D eigenvalue weighted by molar-refractivity contribution is -0.253. The van der Waals surface area contributed by atoms with Crippen LogP contribution < -0.4 is 5.32 Å². The summed E-state index contributed by atoms with van der Waals surface area (Å²) >= 11 is 0. The van der Waals surface area contributed by atoms with Gasteiger partial charge in [0.1, 0.15) is 18.2 Å². The number of aromatic hydroxyl groups is 1. The van der Waals surface area contributed by atoms with Crippen molar-refractivity contribution in [2.75, 3.05) is 5.32 Å². The molecule has 1 amide bonds. The Hall–Kier alpha value is -3.14. The van der Waals surface area contributed by atoms with Crippen molar-refractivity contribution < 1.29 is 42.1 Å². The molecule has 164 valence electrons. The minimum Gasteiger partial charge on any atom is -0.508 e. The van der Waals surface area contributed by atoms with E-state index in [-0.39, 0.29) is 36.3 Å². The highest BCUT2D eigenvalue weighted by molar-refractivity contribution is 6.00. The summed E-state index contributed by atoms with van der Waals surface area (Å²) in [7, 11) is 0. The van der Waals surface area contributed by atoms with E-state index in [9.17, 15) is 37.4 Å². The summed E-state index contributed by atoms with van der Waals surface area (Å²) in [5.74, 6) is -3.59. The molecule has 0 aromatic heterocycles. The summed E-state index contributed by atoms with van der Waals surface area (Å²) in [5.41, 5.74) is -4.81. The lowest BCUT2D eigenvalue weighted by Crippen LogP contribution is -2.56. The first-order chi connectivity index (χ1) is 14.4. The van der Waals surface area contributed by atoms with E-state index < -0.39 is 47.1 Å². The monoisotopic (exact) mass is 439 g/mol. The van der Waals surface area contributed by atoms with Gasteiger partial charge in [0.15, 0.2) is 0 Å². The number of amides is 1. The predicted octanol–water partition coefficient (Wildman–Crippen LogP) is 3.56. The molecule has 2 aliphatic rings. The van der Waals surface area contributed by atoms with Gasteiger partial charge in [-0.3, -0.25) is 4.79 Å². The lowest BCUT2D eigenvalue weighted by Gasteiger charge is -2.33. The van der Waals surface area contributed by atoms with Crippen LogP contribution in [0.25, 0.3) is 0 Å². The van der Waals surface area contributed by atoms with E-state index >= 15 is 0 Å². The van der Waals surface area contributed by atoms with Gasteiger partial charge in [-0.15, -0.1) is 0 Å². The van der Waals surface area contributed by atoms with Crippen LogP contribution in [0.1, 0.15) is 40.7 Å². The zero-order valence-corrected chi connectivity index (χ0v) is 15.9. The van der Waals surface area contributed by atoms with Gasteiger partial charge >= 0.3 is 12.1 Å². The van der Waals surface area contributed by atoms with E-state index in [1.165, 1.54) is 18.2 Å². The second-order valence-corrected chi connectivity index (χ2v) is 7.88. The van der Waals surface area contributed by atoms with Gasteiger partial charge in [-0.25, -0.2) is 9.18 Å². The van der Waals surface area contributed by atoms with E-state index in [1.807, 2.05) is 5.32 Å². The van der Waals surface area contributed by atoms with Crippen LogP contribution >= 0.6 is 0 Å². The Morgan fingerprint density at radius 3 is 2.52 bits per heavy atom. The van der Waals surface area contributed by atoms with Crippen LogP contribution in [0.3, 0.4) is 0 Å². The minimum atomic E-state index is -5.36. The summed E-state index contributed by atoms with van der Waals surface area (Å²) < 4.78 is 60.1. The van der Waals surface area contributed by atoms with Crippen molar-refractivity contribution in [2.24, 2.45) is 0 Å². The van der Waals surface area contributed by atoms with Crippen molar-refractivity contribution in [1.29, 1.82) is 0 Å². The molecule has 0 bridgehead atoms. The SMILES string of the molecule is O=C1OCc2ccc(NC(=O)C(O)(CC3(c4cc(F)ccc4O)CC3)C(F)(F)F)cc21. The van der Waals surface area contributed by atoms with Crippen molar-refractivity contribution in [3.05, 3.63) is 58.9 Å². The third kappa shape index (κ3) is 3.60. The number of carbonyl (C=O) groups excluding carboxylic acids is 2. The Balaban J connectivity index is 1.64. The summed E-state index contributed by atoms with van der Waals surface area (Å²) in [6.45, 7) is 0.0224. The van der Waals surface area contributed by atoms with Crippen molar-refractivity contribution in [2.45, 2.75) is 43.1 Å². The molecule has 1 fully saturated rings. The first-order valence-electron chi connectivity index (χ1n) is 9.35. The number of esters is 1. The molecule has 1 heterocycles. The van der Waals surface area contributed by atoms with Crippen LogP contribution in [-0.4, -0.2) is 33.9 Å². The van der Waals surface area contributed by atoms with Crippen molar-refractivity contribution >= 4 is 17.6 Å². The standard InChI is InChI=1S/C21H17F4NO5/c22-12-2-4-16(27)15(7-12)19(5-6-19)10-20(30,21(23,24)25)18(29)26-13-3-1-11-9-31-17(28)14(11)8-13/h1-4,7-8,27,30H,5-6,9-10H2,(H,26,29). The van der Waals surface area contributed by atoms with Crippen molar-refractivity contribution in [1.82, 2.24) is 0 Å². The van der Waals surface area contributed by atoms with Crippen molar-refractivity contribution in [3.8, 4) is 5.75 Å². The Kier molecular flexibility index (Phi) is 4.73. The molecule has 1 aliphatic carbocycles. The summed E-state index contributed by atoms with van der Waals surface area (Å²) in [5, 5.41) is 22.6. The van der Waals surface area contributed by atoms with Gasteiger partial charge in [0.2, 0.25) is 5.60 Å². The van der Waals surface area contributed by atoms with Gasteiger partial charge in [-0.2, -0.15) is 13.2 Å². The minimum absolute atomic E-state index is 0.0224. The molecule has 0 spiro atoms. The zero-order valence-electron chi connectivity index (χ0n) is 15.9. The lowest BCUT2D eigenvalue weighted by atomic mass is 9.81. The first-order valence-corrected chi connectivity index (χ1v) is 9.35. The third-order valence-corrected chi connectivity index (χ3v) is 5.77. The fraction of sp³-hybridized carbons (Fsp3) is 0.333. The highest BCUT2D eigenvalue weighted by Crippen LogP contribution is 2.57. The Labute approximate surface area is 173 Å². The van der Waals surface area contributed by atoms with E-state index in [0.717, 1.165) is 18.2 Å². The number of rotatable bonds is 5. The van der Waals surface area contributed by atoms with Gasteiger partial charge in [0, 0.05) is 28.7 Å². The maximum atomic E-state index is 13.9. The smallest absolute Gasteiger partial charge is 0.426 e. The molecule has 2 aromatic rings. The quantitative estimate of drug-likeness (QED) is 0.489. The van der Waals surface area contributed by atoms with E-state index in [1.54, 1.807) is 0 Å². The average molecular weight is 439 g/mol. The van der Waals surface area contributed by atoms with Crippen LogP contribution in [0.5, 0.6) is 5.75 Å². The normalized spacial score (nSPS) is 18.7. The van der Waals surface area contributed by atoms with Gasteiger partial charge < -0.3 is 20.3 Å². The zero-order chi connectivity index (χ0) is 22.6. The number of alkyl halides is 3. The molecule has 1 saturated carbocycles. The third-order valence-electron chi connectivity index (χ3n) is 5.77. The molecule has 31 heavy (non-hydrogen) atoms. The first kappa shape index (κ1) is 21.1. The molecular weight excluding hydrogens is 422 g/mol. The number of hydrogen-bond donors (Lipinski definition) is 3. The van der Waals surface area contributed by atoms with Crippen LogP contribution in [0.4, 0.5) is 23.2 Å². The number of halogens is 4. The molecule has 1 aliphatic heterocycles. The molecule has 10 heteroatoms. The van der Waals surface area contributed by atoms with E-state index in [0.29, 0.717) is 5.56 Å². The number of hydrogen-bond acceptors (Lipinski definition) is 5. The number of phenolic OH excluding ortho intramolecular Hbond substituents is 1. The largest absolute Gasteiger partial charge is 0.508 e. The highest BCUT2D eigenvalue weighted by Gasteiger charge is 2.65. The van der Waals surface area contributed by atoms with E-state index in [2.05, 4.69) is 0 Å². The molecule has 1 unspecified atom stereocenters. The number of ether oxygens (including phenoxy) is 1. The van der Waals surface area contributed by atoms with Crippen molar-refractivity contribution in [3.63, 3.8) is 0 Å². The molecule has 2 aromatic carbocycles. The Morgan fingerprint density at radius 1 is 1.16 bits per heavy atom. The highest BCUT2D eigenvalue weighted by atomic mass is 19.4. The van der Waals surface area contributed by atoms with Gasteiger partial charge in [-0.1, -0.05) is 6.07 Å². The fourth-order valence-electron chi connectivity index (χ4n) is 3.85. The number of benzene rings is 2. The van der Waals surface area contributed by atoms with Crippen LogP contribution in [0.2, 0.25) is 0 Å². The van der Waals surface area contributed by atoms with Gasteiger partial charge in [0.25, 0.3) is 5.91 Å². The van der Waals surface area contributed by atoms with Crippen LogP contribution in [0, 0.1) is 5.82 Å². The fourth-order valence-corrected chi connectivity index (χ4v) is 3.85. The molecule has 0 radical (unpaired) electrons. The van der Waals surface area contributed by atoms with Gasteiger partial charge in [0.05, 0.1) is 5.56 Å². The van der Waals surface area contributed by atoms with Crippen LogP contribution in [0.15, 0.2) is 36.4 Å². The molecule has 1 atom stereocenters. The number of nitrogens with one attached hydrogen (secondary N) is 1. The summed E-state index contributed by atoms with van der Waals surface area (Å²) in [6, 6.07) is 6.77. The molecule has 3 N–H and O–H groups in total. The second kappa shape index (κ2) is 6.94. The topological polar surface area (TPSA) is 95.9 Å². The second-order valence-electron chi connectivity index (χ2n) is 7.88. The summed E-state index contributed by atoms with van der Waals surface area (Å²) in [6.07, 6.45) is -6.20. The number of aliphatic hydroxyl groups is 1.